The molecular weight excluding hydrogens is 848 g/mol. The lowest BCUT2D eigenvalue weighted by Gasteiger charge is -2.36. The van der Waals surface area contributed by atoms with Crippen molar-refractivity contribution in [3.63, 3.8) is 0 Å². The third-order valence-electron chi connectivity index (χ3n) is 11.3. The van der Waals surface area contributed by atoms with E-state index >= 15 is 0 Å². The number of benzene rings is 3. The standard InChI is InChI=1S/C29H29NO7.2C9H19O3P/c1-17(16-35-2)5-3-4-12-30-27(33)18-6-9-22-21(13-18)28(34)37-29(22)23-10-7-19(31)14-25(23)36-26-15-20(32)8-11-24(26)29;2*1-5-8-9(6-7(2)11-8)12-13(3,4)10/h6-11,13-15,17,31-32H,3-5,12,16H2,1-2H3,(H,30,33);2*7-9H,5-6H2,1-4H3/t;2*7-,8+,9?/m.00/s1. The van der Waals surface area contributed by atoms with E-state index in [1.807, 2.05) is 13.8 Å². The summed E-state index contributed by atoms with van der Waals surface area (Å²) in [5, 5.41) is 23.0. The summed E-state index contributed by atoms with van der Waals surface area (Å²) in [7, 11) is -3.05. The van der Waals surface area contributed by atoms with Crippen LogP contribution in [0, 0.1) is 5.92 Å². The molecule has 3 unspecified atom stereocenters. The fourth-order valence-electron chi connectivity index (χ4n) is 8.57. The molecule has 2 saturated heterocycles. The number of unbranched alkanes of at least 4 members (excludes halogenated alkanes) is 1. The van der Waals surface area contributed by atoms with Crippen LogP contribution in [0.4, 0.5) is 0 Å². The Labute approximate surface area is 372 Å². The molecule has 4 heterocycles. The van der Waals surface area contributed by atoms with Gasteiger partial charge in [-0.2, -0.15) is 0 Å². The smallest absolute Gasteiger partial charge is 0.340 e. The van der Waals surface area contributed by atoms with E-state index in [1.165, 1.54) is 24.3 Å². The number of rotatable bonds is 14. The van der Waals surface area contributed by atoms with Crippen LogP contribution in [0.15, 0.2) is 54.6 Å². The minimum atomic E-state index is -2.37. The Morgan fingerprint density at radius 2 is 1.32 bits per heavy atom. The SMILES string of the molecule is CC[C@H]1O[C@@H](C)CC1OP(C)(C)=O.CC[C@H]1O[C@@H](C)CC1OP(C)(C)=O.COCC(C)CCCCNC(=O)c1ccc2c(c1)C(=O)OC21c2ccc(O)cc2Oc2cc(O)ccc21. The molecule has 2 fully saturated rings. The Kier molecular flexibility index (Phi) is 17.2. The number of ether oxygens (including phenoxy) is 5. The second kappa shape index (κ2) is 21.5. The molecule has 1 spiro atoms. The lowest BCUT2D eigenvalue weighted by molar-refractivity contribution is 0.0223. The Bertz CT molecular complexity index is 2050. The number of methoxy groups -OCH3 is 1. The number of amides is 1. The summed E-state index contributed by atoms with van der Waals surface area (Å²) in [6, 6.07) is 14.1. The molecule has 7 atom stereocenters. The molecule has 4 aliphatic heterocycles. The number of fused-ring (bicyclic) bond motifs is 6. The van der Waals surface area contributed by atoms with Crippen LogP contribution in [-0.2, 0) is 42.7 Å². The number of nitrogens with one attached hydrogen (secondary N) is 1. The summed E-state index contributed by atoms with van der Waals surface area (Å²) in [4.78, 5) is 26.0. The first-order valence-electron chi connectivity index (χ1n) is 21.9. The van der Waals surface area contributed by atoms with Crippen molar-refractivity contribution in [2.75, 3.05) is 46.9 Å². The number of carbonyl (C=O) groups excluding carboxylic acids is 2. The zero-order chi connectivity index (χ0) is 46.3. The summed E-state index contributed by atoms with van der Waals surface area (Å²) >= 11 is 0. The van der Waals surface area contributed by atoms with Gasteiger partial charge in [-0.15, -0.1) is 0 Å². The first kappa shape index (κ1) is 50.3. The van der Waals surface area contributed by atoms with Gasteiger partial charge in [-0.25, -0.2) is 4.79 Å². The molecule has 7 rings (SSSR count). The largest absolute Gasteiger partial charge is 0.508 e. The van der Waals surface area contributed by atoms with Gasteiger partial charge < -0.3 is 48.3 Å². The molecule has 348 valence electrons. The van der Waals surface area contributed by atoms with Crippen LogP contribution >= 0.6 is 14.7 Å². The molecule has 3 N–H and O–H groups in total. The van der Waals surface area contributed by atoms with E-state index in [9.17, 15) is 28.9 Å². The summed E-state index contributed by atoms with van der Waals surface area (Å²) < 4.78 is 62.3. The molecule has 3 aromatic carbocycles. The summed E-state index contributed by atoms with van der Waals surface area (Å²) in [5.41, 5.74) is 0.935. The van der Waals surface area contributed by atoms with E-state index in [0.717, 1.165) is 51.6 Å². The van der Waals surface area contributed by atoms with Crippen LogP contribution in [0.2, 0.25) is 0 Å². The van der Waals surface area contributed by atoms with Crippen molar-refractivity contribution in [1.29, 1.82) is 0 Å². The molecule has 16 heteroatoms. The van der Waals surface area contributed by atoms with Gasteiger partial charge in [0.05, 0.1) is 42.2 Å². The van der Waals surface area contributed by atoms with Crippen LogP contribution in [0.1, 0.15) is 117 Å². The van der Waals surface area contributed by atoms with Gasteiger partial charge in [0.25, 0.3) is 5.91 Å². The van der Waals surface area contributed by atoms with Gasteiger partial charge in [0.1, 0.15) is 23.0 Å². The fraction of sp³-hybridized carbons (Fsp3) is 0.574. The van der Waals surface area contributed by atoms with E-state index < -0.39 is 26.3 Å². The van der Waals surface area contributed by atoms with Crippen LogP contribution in [0.3, 0.4) is 0 Å². The number of carbonyl (C=O) groups is 2. The highest BCUT2D eigenvalue weighted by molar-refractivity contribution is 7.57. The molecule has 0 aromatic heterocycles. The molecular formula is C47H67NO13P2. The number of esters is 1. The predicted molar refractivity (Wildman–Crippen MR) is 242 cm³/mol. The lowest BCUT2D eigenvalue weighted by Crippen LogP contribution is -2.33. The molecule has 0 saturated carbocycles. The zero-order valence-corrected chi connectivity index (χ0v) is 40.2. The third kappa shape index (κ3) is 13.0. The van der Waals surface area contributed by atoms with E-state index in [4.69, 9.17) is 32.7 Å². The van der Waals surface area contributed by atoms with Gasteiger partial charge in [0.2, 0.25) is 0 Å². The Balaban J connectivity index is 0.000000234. The second-order valence-electron chi connectivity index (χ2n) is 17.7. The molecule has 0 radical (unpaired) electrons. The maximum atomic E-state index is 13.2. The van der Waals surface area contributed by atoms with Crippen LogP contribution in [0.25, 0.3) is 0 Å². The third-order valence-corrected chi connectivity index (χ3v) is 12.8. The van der Waals surface area contributed by atoms with Crippen molar-refractivity contribution in [2.24, 2.45) is 5.92 Å². The zero-order valence-electron chi connectivity index (χ0n) is 38.4. The van der Waals surface area contributed by atoms with Crippen LogP contribution < -0.4 is 10.1 Å². The topological polar surface area (TPSA) is 185 Å². The van der Waals surface area contributed by atoms with Crippen molar-refractivity contribution < 1.29 is 61.7 Å². The molecule has 4 aliphatic rings. The Morgan fingerprint density at radius 3 is 1.79 bits per heavy atom. The summed E-state index contributed by atoms with van der Waals surface area (Å²) in [6.45, 7) is 18.2. The van der Waals surface area contributed by atoms with Crippen molar-refractivity contribution >= 4 is 26.6 Å². The lowest BCUT2D eigenvalue weighted by atomic mass is 9.77. The number of phenolic OH excluding ortho intramolecular Hbond substituents is 2. The molecule has 1 amide bonds. The summed E-state index contributed by atoms with van der Waals surface area (Å²) in [6.07, 6.45) is 7.23. The number of aromatic hydroxyl groups is 2. The van der Waals surface area contributed by atoms with E-state index in [1.54, 1.807) is 64.1 Å². The van der Waals surface area contributed by atoms with Gasteiger partial charge in [0, 0.05) is 94.1 Å². The molecule has 0 aliphatic carbocycles. The first-order valence-corrected chi connectivity index (χ1v) is 27.0. The summed E-state index contributed by atoms with van der Waals surface area (Å²) in [5.74, 6) is 0.232. The fourth-order valence-corrected chi connectivity index (χ4v) is 10.3. The van der Waals surface area contributed by atoms with Crippen LogP contribution in [-0.4, -0.2) is 106 Å². The number of hydrogen-bond donors (Lipinski definition) is 3. The van der Waals surface area contributed by atoms with Crippen LogP contribution in [0.5, 0.6) is 23.0 Å². The Hall–Kier alpha value is -3.74. The van der Waals surface area contributed by atoms with E-state index in [2.05, 4.69) is 26.1 Å². The highest BCUT2D eigenvalue weighted by Gasteiger charge is 2.54. The quantitative estimate of drug-likeness (QED) is 0.0789. The second-order valence-corrected chi connectivity index (χ2v) is 23.1. The van der Waals surface area contributed by atoms with Gasteiger partial charge in [-0.1, -0.05) is 33.3 Å². The molecule has 63 heavy (non-hydrogen) atoms. The van der Waals surface area contributed by atoms with Crippen molar-refractivity contribution in [1.82, 2.24) is 5.32 Å². The molecule has 0 bridgehead atoms. The monoisotopic (exact) mass is 915 g/mol. The van der Waals surface area contributed by atoms with Gasteiger partial charge >= 0.3 is 5.97 Å². The highest BCUT2D eigenvalue weighted by Crippen LogP contribution is 2.57. The maximum Gasteiger partial charge on any atom is 0.340 e. The predicted octanol–water partition coefficient (Wildman–Crippen LogP) is 9.84. The van der Waals surface area contributed by atoms with Gasteiger partial charge in [0.15, 0.2) is 20.3 Å². The van der Waals surface area contributed by atoms with Crippen molar-refractivity contribution in [3.8, 4) is 23.0 Å². The average Bonchev–Trinajstić information content (AvgIpc) is 3.83. The minimum Gasteiger partial charge on any atom is -0.508 e. The van der Waals surface area contributed by atoms with E-state index in [0.29, 0.717) is 46.2 Å². The van der Waals surface area contributed by atoms with Crippen molar-refractivity contribution in [3.05, 3.63) is 82.4 Å². The number of phenols is 2. The molecule has 14 nitrogen and oxygen atoms in total. The first-order chi connectivity index (χ1) is 29.7. The van der Waals surface area contributed by atoms with E-state index in [-0.39, 0.29) is 59.6 Å². The molecule has 3 aromatic rings. The average molecular weight is 916 g/mol. The minimum absolute atomic E-state index is 0.0118. The van der Waals surface area contributed by atoms with Crippen molar-refractivity contribution in [2.45, 2.75) is 122 Å². The highest BCUT2D eigenvalue weighted by atomic mass is 31.2. The normalized spacial score (nSPS) is 23.5. The maximum absolute atomic E-state index is 13.2. The number of hydrogen-bond acceptors (Lipinski definition) is 13. The van der Waals surface area contributed by atoms with Gasteiger partial charge in [-0.05, 0) is 81.8 Å². The van der Waals surface area contributed by atoms with Gasteiger partial charge in [-0.3, -0.25) is 13.9 Å². The Morgan fingerprint density at radius 1 is 0.810 bits per heavy atom.